The molecule has 0 spiro atoms. The fraction of sp³-hybridized carbons (Fsp3) is 0.421. The lowest BCUT2D eigenvalue weighted by Gasteiger charge is -2.35. The molecule has 1 unspecified atom stereocenters. The first-order valence-electron chi connectivity index (χ1n) is 8.13. The molecule has 3 heteroatoms. The fourth-order valence-electron chi connectivity index (χ4n) is 4.03. The SMILES string of the molecule is Cc1[nH]cnc1CC1(C)CCc2c(C)c3ccccc3n2C1. The first-order chi connectivity index (χ1) is 10.6. The van der Waals surface area contributed by atoms with E-state index >= 15 is 0 Å². The van der Waals surface area contributed by atoms with Gasteiger partial charge in [0.1, 0.15) is 0 Å². The molecule has 0 saturated carbocycles. The molecule has 1 aliphatic rings. The van der Waals surface area contributed by atoms with Gasteiger partial charge in [0.15, 0.2) is 0 Å². The molecule has 1 atom stereocenters. The minimum absolute atomic E-state index is 0.279. The van der Waals surface area contributed by atoms with E-state index in [0.29, 0.717) is 0 Å². The Morgan fingerprint density at radius 1 is 1.27 bits per heavy atom. The molecular formula is C19H23N3. The van der Waals surface area contributed by atoms with Gasteiger partial charge in [-0.05, 0) is 50.2 Å². The second-order valence-corrected chi connectivity index (χ2v) is 7.14. The minimum atomic E-state index is 0.279. The number of para-hydroxylation sites is 1. The van der Waals surface area contributed by atoms with Crippen LogP contribution in [0, 0.1) is 19.3 Å². The number of hydrogen-bond donors (Lipinski definition) is 1. The molecule has 0 saturated heterocycles. The van der Waals surface area contributed by atoms with Crippen LogP contribution < -0.4 is 0 Å². The van der Waals surface area contributed by atoms with Crippen LogP contribution in [0.3, 0.4) is 0 Å². The van der Waals surface area contributed by atoms with E-state index in [2.05, 4.69) is 59.6 Å². The third kappa shape index (κ3) is 1.99. The van der Waals surface area contributed by atoms with Crippen molar-refractivity contribution in [2.45, 2.75) is 46.6 Å². The molecule has 2 aromatic heterocycles. The molecule has 0 aliphatic carbocycles. The van der Waals surface area contributed by atoms with Crippen LogP contribution in [0.5, 0.6) is 0 Å². The van der Waals surface area contributed by atoms with Gasteiger partial charge in [0.05, 0.1) is 12.0 Å². The predicted molar refractivity (Wildman–Crippen MR) is 90.1 cm³/mol. The van der Waals surface area contributed by atoms with Crippen molar-refractivity contribution in [1.29, 1.82) is 0 Å². The predicted octanol–water partition coefficient (Wildman–Crippen LogP) is 4.18. The maximum Gasteiger partial charge on any atom is 0.0925 e. The number of rotatable bonds is 2. The van der Waals surface area contributed by atoms with Gasteiger partial charge in [-0.3, -0.25) is 0 Å². The van der Waals surface area contributed by atoms with Crippen LogP contribution in [0.25, 0.3) is 10.9 Å². The highest BCUT2D eigenvalue weighted by Crippen LogP contribution is 2.39. The molecule has 0 radical (unpaired) electrons. The van der Waals surface area contributed by atoms with E-state index in [1.807, 2.05) is 6.33 Å². The summed E-state index contributed by atoms with van der Waals surface area (Å²) in [6.45, 7) is 7.89. The smallest absolute Gasteiger partial charge is 0.0925 e. The van der Waals surface area contributed by atoms with E-state index in [4.69, 9.17) is 0 Å². The third-order valence-electron chi connectivity index (χ3n) is 5.39. The van der Waals surface area contributed by atoms with E-state index < -0.39 is 0 Å². The first kappa shape index (κ1) is 13.6. The minimum Gasteiger partial charge on any atom is -0.348 e. The van der Waals surface area contributed by atoms with E-state index in [9.17, 15) is 0 Å². The summed E-state index contributed by atoms with van der Waals surface area (Å²) in [5.74, 6) is 0. The van der Waals surface area contributed by atoms with E-state index in [1.165, 1.54) is 46.4 Å². The van der Waals surface area contributed by atoms with E-state index in [0.717, 1.165) is 13.0 Å². The number of aryl methyl sites for hydroxylation is 2. The van der Waals surface area contributed by atoms with Crippen molar-refractivity contribution < 1.29 is 0 Å². The zero-order chi connectivity index (χ0) is 15.3. The van der Waals surface area contributed by atoms with E-state index in [1.54, 1.807) is 0 Å². The number of H-pyrrole nitrogens is 1. The highest BCUT2D eigenvalue weighted by atomic mass is 15.0. The number of benzene rings is 1. The van der Waals surface area contributed by atoms with Gasteiger partial charge in [-0.25, -0.2) is 4.98 Å². The average Bonchev–Trinajstić information content (AvgIpc) is 3.02. The van der Waals surface area contributed by atoms with Gasteiger partial charge >= 0.3 is 0 Å². The van der Waals surface area contributed by atoms with Gasteiger partial charge in [0, 0.05) is 28.8 Å². The highest BCUT2D eigenvalue weighted by molar-refractivity contribution is 5.85. The number of nitrogens with one attached hydrogen (secondary N) is 1. The molecule has 1 N–H and O–H groups in total. The molecule has 0 amide bonds. The summed E-state index contributed by atoms with van der Waals surface area (Å²) < 4.78 is 2.55. The molecule has 1 aliphatic heterocycles. The Balaban J connectivity index is 1.74. The van der Waals surface area contributed by atoms with Crippen LogP contribution in [0.15, 0.2) is 30.6 Å². The number of aromatic amines is 1. The third-order valence-corrected chi connectivity index (χ3v) is 5.39. The van der Waals surface area contributed by atoms with Gasteiger partial charge in [-0.15, -0.1) is 0 Å². The normalized spacial score (nSPS) is 21.2. The second-order valence-electron chi connectivity index (χ2n) is 7.14. The number of imidazole rings is 1. The largest absolute Gasteiger partial charge is 0.348 e. The van der Waals surface area contributed by atoms with Crippen molar-refractivity contribution in [3.05, 3.63) is 53.2 Å². The Morgan fingerprint density at radius 2 is 2.09 bits per heavy atom. The maximum absolute atomic E-state index is 4.51. The molecular weight excluding hydrogens is 270 g/mol. The topological polar surface area (TPSA) is 33.6 Å². The summed E-state index contributed by atoms with van der Waals surface area (Å²) in [5.41, 5.74) is 7.09. The molecule has 0 bridgehead atoms. The first-order valence-corrected chi connectivity index (χ1v) is 8.13. The molecule has 4 rings (SSSR count). The van der Waals surface area contributed by atoms with Crippen LogP contribution in [0.2, 0.25) is 0 Å². The Labute approximate surface area is 131 Å². The molecule has 3 heterocycles. The summed E-state index contributed by atoms with van der Waals surface area (Å²) in [6, 6.07) is 8.81. The van der Waals surface area contributed by atoms with Crippen LogP contribution in [-0.2, 0) is 19.4 Å². The molecule has 114 valence electrons. The Morgan fingerprint density at radius 3 is 2.86 bits per heavy atom. The van der Waals surface area contributed by atoms with Gasteiger partial charge in [-0.2, -0.15) is 0 Å². The fourth-order valence-corrected chi connectivity index (χ4v) is 4.03. The molecule has 0 fully saturated rings. The van der Waals surface area contributed by atoms with Crippen LogP contribution in [0.1, 0.15) is 36.0 Å². The van der Waals surface area contributed by atoms with Crippen molar-refractivity contribution in [3.8, 4) is 0 Å². The van der Waals surface area contributed by atoms with Crippen molar-refractivity contribution in [2.75, 3.05) is 0 Å². The standard InChI is InChI=1S/C19H23N3/c1-13-15-6-4-5-7-18(15)22-11-19(3,9-8-17(13)22)10-16-14(2)20-12-21-16/h4-7,12H,8-11H2,1-3H3,(H,20,21). The van der Waals surface area contributed by atoms with Crippen LogP contribution in [-0.4, -0.2) is 14.5 Å². The lowest BCUT2D eigenvalue weighted by atomic mass is 9.78. The van der Waals surface area contributed by atoms with Crippen LogP contribution in [0.4, 0.5) is 0 Å². The Hall–Kier alpha value is -2.03. The van der Waals surface area contributed by atoms with Crippen molar-refractivity contribution >= 4 is 10.9 Å². The van der Waals surface area contributed by atoms with Crippen molar-refractivity contribution in [3.63, 3.8) is 0 Å². The lowest BCUT2D eigenvalue weighted by molar-refractivity contribution is 0.220. The summed E-state index contributed by atoms with van der Waals surface area (Å²) >= 11 is 0. The Kier molecular flexibility index (Phi) is 2.93. The number of hydrogen-bond acceptors (Lipinski definition) is 1. The second kappa shape index (κ2) is 4.73. The molecule has 3 aromatic rings. The summed E-state index contributed by atoms with van der Waals surface area (Å²) in [6.07, 6.45) is 5.27. The highest BCUT2D eigenvalue weighted by Gasteiger charge is 2.33. The quantitative estimate of drug-likeness (QED) is 0.755. The lowest BCUT2D eigenvalue weighted by Crippen LogP contribution is -2.32. The number of fused-ring (bicyclic) bond motifs is 3. The molecule has 1 aromatic carbocycles. The average molecular weight is 293 g/mol. The number of nitrogens with zero attached hydrogens (tertiary/aromatic N) is 2. The zero-order valence-corrected chi connectivity index (χ0v) is 13.6. The van der Waals surface area contributed by atoms with Gasteiger partial charge in [0.25, 0.3) is 0 Å². The van der Waals surface area contributed by atoms with Crippen molar-refractivity contribution in [2.24, 2.45) is 5.41 Å². The van der Waals surface area contributed by atoms with Gasteiger partial charge < -0.3 is 9.55 Å². The van der Waals surface area contributed by atoms with Gasteiger partial charge in [0.2, 0.25) is 0 Å². The van der Waals surface area contributed by atoms with Crippen molar-refractivity contribution in [1.82, 2.24) is 14.5 Å². The van der Waals surface area contributed by atoms with Gasteiger partial charge in [-0.1, -0.05) is 25.1 Å². The summed E-state index contributed by atoms with van der Waals surface area (Å²) in [4.78, 5) is 7.72. The summed E-state index contributed by atoms with van der Waals surface area (Å²) in [7, 11) is 0. The van der Waals surface area contributed by atoms with Crippen LogP contribution >= 0.6 is 0 Å². The molecule has 3 nitrogen and oxygen atoms in total. The monoisotopic (exact) mass is 293 g/mol. The zero-order valence-electron chi connectivity index (χ0n) is 13.6. The Bertz CT molecular complexity index is 840. The summed E-state index contributed by atoms with van der Waals surface area (Å²) in [5, 5.41) is 1.41. The number of aromatic nitrogens is 3. The maximum atomic E-state index is 4.51. The molecule has 22 heavy (non-hydrogen) atoms. The van der Waals surface area contributed by atoms with E-state index in [-0.39, 0.29) is 5.41 Å².